The molecule has 1 amide bonds. The van der Waals surface area contributed by atoms with Gasteiger partial charge in [-0.1, -0.05) is 0 Å². The maximum atomic E-state index is 14.2. The minimum atomic E-state index is -3.61. The van der Waals surface area contributed by atoms with Crippen molar-refractivity contribution in [3.05, 3.63) is 40.8 Å². The zero-order chi connectivity index (χ0) is 26.2. The van der Waals surface area contributed by atoms with E-state index in [4.69, 9.17) is 15.2 Å². The van der Waals surface area contributed by atoms with E-state index in [9.17, 15) is 22.4 Å². The number of sulfonamides is 1. The first-order valence-corrected chi connectivity index (χ1v) is 13.5. The smallest absolute Gasteiger partial charge is 0.302 e. The third-order valence-corrected chi connectivity index (χ3v) is 8.19. The van der Waals surface area contributed by atoms with Crippen LogP contribution in [0.3, 0.4) is 0 Å². The SMILES string of the molecule is CC(=O)OCC1CC(Oc2cc(F)ccc2Nc2ncnc3sc(C(N)=O)c(C)c23)CN1S(C)(=O)=O. The molecule has 1 aliphatic heterocycles. The third kappa shape index (κ3) is 5.39. The minimum Gasteiger partial charge on any atom is -0.487 e. The summed E-state index contributed by atoms with van der Waals surface area (Å²) in [6, 6.07) is 3.28. The Morgan fingerprint density at radius 1 is 1.33 bits per heavy atom. The number of thiophene rings is 1. The van der Waals surface area contributed by atoms with Crippen LogP contribution >= 0.6 is 11.3 Å². The molecule has 0 radical (unpaired) electrons. The number of benzene rings is 1. The van der Waals surface area contributed by atoms with Crippen molar-refractivity contribution >= 4 is 55.0 Å². The van der Waals surface area contributed by atoms with Gasteiger partial charge in [-0.05, 0) is 24.6 Å². The molecular weight excluding hydrogens is 513 g/mol. The van der Waals surface area contributed by atoms with E-state index in [0.29, 0.717) is 32.2 Å². The summed E-state index contributed by atoms with van der Waals surface area (Å²) in [5, 5.41) is 3.71. The van der Waals surface area contributed by atoms with Gasteiger partial charge < -0.3 is 20.5 Å². The first-order chi connectivity index (χ1) is 16.9. The van der Waals surface area contributed by atoms with Crippen molar-refractivity contribution in [1.29, 1.82) is 0 Å². The molecule has 2 unspecified atom stereocenters. The Bertz CT molecular complexity index is 1440. The second kappa shape index (κ2) is 9.95. The van der Waals surface area contributed by atoms with Crippen molar-refractivity contribution in [1.82, 2.24) is 14.3 Å². The number of anilines is 2. The number of rotatable bonds is 8. The highest BCUT2D eigenvalue weighted by Crippen LogP contribution is 2.37. The molecule has 11 nitrogen and oxygen atoms in total. The number of fused-ring (bicyclic) bond motifs is 1. The predicted octanol–water partition coefficient (Wildman–Crippen LogP) is 2.33. The van der Waals surface area contributed by atoms with E-state index in [0.717, 1.165) is 17.6 Å². The van der Waals surface area contributed by atoms with E-state index in [1.807, 2.05) is 0 Å². The van der Waals surface area contributed by atoms with Crippen LogP contribution in [-0.2, 0) is 19.6 Å². The summed E-state index contributed by atoms with van der Waals surface area (Å²) in [5.74, 6) is -1.15. The molecule has 0 spiro atoms. The molecule has 0 bridgehead atoms. The van der Waals surface area contributed by atoms with Crippen molar-refractivity contribution in [2.45, 2.75) is 32.4 Å². The fraction of sp³-hybridized carbons (Fsp3) is 0.364. The van der Waals surface area contributed by atoms with Gasteiger partial charge in [0.05, 0.1) is 34.8 Å². The quantitative estimate of drug-likeness (QED) is 0.412. The number of nitrogens with two attached hydrogens (primary N) is 1. The normalized spacial score (nSPS) is 18.3. The second-order valence-corrected chi connectivity index (χ2v) is 11.3. The number of carbonyl (C=O) groups is 2. The van der Waals surface area contributed by atoms with E-state index in [1.165, 1.54) is 35.8 Å². The lowest BCUT2D eigenvalue weighted by molar-refractivity contribution is -0.142. The van der Waals surface area contributed by atoms with Gasteiger partial charge in [-0.15, -0.1) is 11.3 Å². The van der Waals surface area contributed by atoms with Crippen LogP contribution in [-0.4, -0.2) is 66.1 Å². The Labute approximate surface area is 210 Å². The Morgan fingerprint density at radius 2 is 2.08 bits per heavy atom. The molecule has 1 saturated heterocycles. The molecule has 4 rings (SSSR count). The first-order valence-electron chi connectivity index (χ1n) is 10.8. The predicted molar refractivity (Wildman–Crippen MR) is 131 cm³/mol. The zero-order valence-corrected chi connectivity index (χ0v) is 21.3. The molecule has 2 atom stereocenters. The van der Waals surface area contributed by atoms with Gasteiger partial charge in [0.1, 0.15) is 41.3 Å². The fourth-order valence-electron chi connectivity index (χ4n) is 4.11. The number of hydrogen-bond acceptors (Lipinski definition) is 10. The highest BCUT2D eigenvalue weighted by molar-refractivity contribution is 7.88. The Kier molecular flexibility index (Phi) is 7.11. The maximum Gasteiger partial charge on any atom is 0.302 e. The molecule has 1 aliphatic rings. The summed E-state index contributed by atoms with van der Waals surface area (Å²) in [5.41, 5.74) is 6.46. The summed E-state index contributed by atoms with van der Waals surface area (Å²) in [4.78, 5) is 32.4. The molecule has 0 saturated carbocycles. The molecule has 14 heteroatoms. The van der Waals surface area contributed by atoms with E-state index in [1.54, 1.807) is 6.92 Å². The van der Waals surface area contributed by atoms with Gasteiger partial charge in [0.25, 0.3) is 5.91 Å². The summed E-state index contributed by atoms with van der Waals surface area (Å²) < 4.78 is 51.0. The lowest BCUT2D eigenvalue weighted by atomic mass is 10.2. The number of esters is 1. The monoisotopic (exact) mass is 537 g/mol. The number of hydrogen-bond donors (Lipinski definition) is 2. The highest BCUT2D eigenvalue weighted by atomic mass is 32.2. The number of nitrogens with zero attached hydrogens (tertiary/aromatic N) is 3. The summed E-state index contributed by atoms with van der Waals surface area (Å²) in [7, 11) is -3.61. The lowest BCUT2D eigenvalue weighted by Gasteiger charge is -2.20. The number of amides is 1. The molecule has 1 fully saturated rings. The number of halogens is 1. The van der Waals surface area contributed by atoms with Crippen molar-refractivity contribution < 1.29 is 31.9 Å². The zero-order valence-electron chi connectivity index (χ0n) is 19.6. The van der Waals surface area contributed by atoms with Gasteiger partial charge in [0.15, 0.2) is 0 Å². The molecular formula is C22H24FN5O6S2. The number of aromatic nitrogens is 2. The Morgan fingerprint density at radius 3 is 2.75 bits per heavy atom. The molecule has 36 heavy (non-hydrogen) atoms. The van der Waals surface area contributed by atoms with Crippen LogP contribution in [0.25, 0.3) is 10.2 Å². The standard InChI is InChI=1S/C22H24FN5O6S2/c1-11-18-21(25-10-26-22(18)35-19(11)20(24)30)27-16-5-4-13(23)6-17(16)34-15-7-14(9-33-12(2)29)28(8-15)36(3,31)32/h4-6,10,14-15H,7-9H2,1-3H3,(H2,24,30)(H,25,26,27). The molecule has 3 aromatic rings. The molecule has 3 N–H and O–H groups in total. The van der Waals surface area contributed by atoms with E-state index >= 15 is 0 Å². The second-order valence-electron chi connectivity index (χ2n) is 8.35. The maximum absolute atomic E-state index is 14.2. The first kappa shape index (κ1) is 25.7. The van der Waals surface area contributed by atoms with Gasteiger partial charge in [-0.25, -0.2) is 22.8 Å². The Balaban J connectivity index is 1.63. The van der Waals surface area contributed by atoms with Crippen LogP contribution in [0.15, 0.2) is 24.5 Å². The van der Waals surface area contributed by atoms with Gasteiger partial charge in [-0.2, -0.15) is 4.31 Å². The molecule has 0 aliphatic carbocycles. The van der Waals surface area contributed by atoms with Crippen molar-refractivity contribution in [3.8, 4) is 5.75 Å². The van der Waals surface area contributed by atoms with Crippen molar-refractivity contribution in [3.63, 3.8) is 0 Å². The van der Waals surface area contributed by atoms with Gasteiger partial charge in [0.2, 0.25) is 10.0 Å². The van der Waals surface area contributed by atoms with Gasteiger partial charge in [-0.3, -0.25) is 9.59 Å². The van der Waals surface area contributed by atoms with E-state index < -0.39 is 39.9 Å². The topological polar surface area (TPSA) is 154 Å². The Hall–Kier alpha value is -3.36. The number of primary amides is 1. The molecule has 1 aromatic carbocycles. The van der Waals surface area contributed by atoms with Gasteiger partial charge >= 0.3 is 5.97 Å². The van der Waals surface area contributed by atoms with Crippen molar-refractivity contribution in [2.75, 3.05) is 24.7 Å². The number of aryl methyl sites for hydroxylation is 1. The average Bonchev–Trinajstić information content (AvgIpc) is 3.36. The third-order valence-electron chi connectivity index (χ3n) is 5.67. The largest absolute Gasteiger partial charge is 0.487 e. The number of carbonyl (C=O) groups excluding carboxylic acids is 2. The number of nitrogens with one attached hydrogen (secondary N) is 1. The van der Waals surface area contributed by atoms with Crippen LogP contribution in [0, 0.1) is 12.7 Å². The molecule has 3 heterocycles. The summed E-state index contributed by atoms with van der Waals surface area (Å²) in [6.07, 6.45) is 2.00. The number of ether oxygens (including phenoxy) is 2. The molecule has 192 valence electrons. The average molecular weight is 538 g/mol. The fourth-order valence-corrected chi connectivity index (χ4v) is 6.23. The van der Waals surface area contributed by atoms with Crippen LogP contribution in [0.5, 0.6) is 5.75 Å². The van der Waals surface area contributed by atoms with Crippen LogP contribution in [0.1, 0.15) is 28.6 Å². The lowest BCUT2D eigenvalue weighted by Crippen LogP contribution is -2.38. The van der Waals surface area contributed by atoms with Crippen molar-refractivity contribution in [2.24, 2.45) is 5.73 Å². The summed E-state index contributed by atoms with van der Waals surface area (Å²) >= 11 is 1.14. The van der Waals surface area contributed by atoms with Crippen LogP contribution < -0.4 is 15.8 Å². The minimum absolute atomic E-state index is 0.00405. The summed E-state index contributed by atoms with van der Waals surface area (Å²) in [6.45, 7) is 2.86. The molecule has 2 aromatic heterocycles. The van der Waals surface area contributed by atoms with E-state index in [-0.39, 0.29) is 25.3 Å². The van der Waals surface area contributed by atoms with E-state index in [2.05, 4.69) is 15.3 Å². The van der Waals surface area contributed by atoms with Crippen LogP contribution in [0.4, 0.5) is 15.9 Å². The van der Waals surface area contributed by atoms with Gasteiger partial charge in [0, 0.05) is 19.4 Å². The highest BCUT2D eigenvalue weighted by Gasteiger charge is 2.39. The van der Waals surface area contributed by atoms with Crippen LogP contribution in [0.2, 0.25) is 0 Å².